The van der Waals surface area contributed by atoms with Crippen LogP contribution in [0.3, 0.4) is 0 Å². The minimum Gasteiger partial charge on any atom is -0.204 e. The van der Waals surface area contributed by atoms with Crippen LogP contribution in [0.5, 0.6) is 0 Å². The molecule has 0 aliphatic rings. The molecule has 0 aliphatic heterocycles. The summed E-state index contributed by atoms with van der Waals surface area (Å²) in [7, 11) is 0. The predicted octanol–water partition coefficient (Wildman–Crippen LogP) is 2.53. The second-order valence-corrected chi connectivity index (χ2v) is 2.42. The molecule has 0 nitrogen and oxygen atoms in total. The smallest absolute Gasteiger partial charge is 0.162 e. The number of rotatable bonds is 2. The molecule has 0 heterocycles. The van der Waals surface area contributed by atoms with Crippen LogP contribution in [0.1, 0.15) is 12.0 Å². The zero-order valence-electron chi connectivity index (χ0n) is 6.48. The molecule has 0 saturated heterocycles. The van der Waals surface area contributed by atoms with Gasteiger partial charge in [0.1, 0.15) is 0 Å². The average Bonchev–Trinajstić information content (AvgIpc) is 2.08. The molecular weight excluding hydrogens is 158 g/mol. The minimum absolute atomic E-state index is 0.341. The molecule has 0 bridgehead atoms. The third-order valence-corrected chi connectivity index (χ3v) is 1.57. The van der Waals surface area contributed by atoms with Gasteiger partial charge in [-0.05, 0) is 18.1 Å². The molecule has 0 saturated carbocycles. The average molecular weight is 166 g/mol. The fourth-order valence-corrected chi connectivity index (χ4v) is 0.948. The standard InChI is InChI=1S/C10H8F2/c1-2-3-5-8-6-4-7-9(11)10(8)12/h1,4,6-7H,3,5H2. The van der Waals surface area contributed by atoms with E-state index in [2.05, 4.69) is 5.92 Å². The highest BCUT2D eigenvalue weighted by Crippen LogP contribution is 2.12. The minimum atomic E-state index is -0.815. The lowest BCUT2D eigenvalue weighted by Gasteiger charge is -1.99. The van der Waals surface area contributed by atoms with E-state index < -0.39 is 11.6 Å². The number of hydrogen-bond donors (Lipinski definition) is 0. The fourth-order valence-electron chi connectivity index (χ4n) is 0.948. The Kier molecular flexibility index (Phi) is 2.82. The first-order valence-electron chi connectivity index (χ1n) is 3.62. The van der Waals surface area contributed by atoms with Crippen molar-refractivity contribution in [2.75, 3.05) is 0 Å². The summed E-state index contributed by atoms with van der Waals surface area (Å²) in [5.74, 6) is 0.774. The summed E-state index contributed by atoms with van der Waals surface area (Å²) in [6.07, 6.45) is 5.82. The molecule has 0 atom stereocenters. The highest BCUT2D eigenvalue weighted by atomic mass is 19.2. The van der Waals surface area contributed by atoms with E-state index in [0.29, 0.717) is 18.4 Å². The molecule has 12 heavy (non-hydrogen) atoms. The monoisotopic (exact) mass is 166 g/mol. The van der Waals surface area contributed by atoms with Gasteiger partial charge in [-0.1, -0.05) is 12.1 Å². The van der Waals surface area contributed by atoms with Crippen molar-refractivity contribution >= 4 is 0 Å². The van der Waals surface area contributed by atoms with Gasteiger partial charge in [0.2, 0.25) is 0 Å². The number of aryl methyl sites for hydroxylation is 1. The van der Waals surface area contributed by atoms with Gasteiger partial charge in [0.25, 0.3) is 0 Å². The summed E-state index contributed by atoms with van der Waals surface area (Å²) >= 11 is 0. The molecule has 0 radical (unpaired) electrons. The van der Waals surface area contributed by atoms with E-state index in [1.807, 2.05) is 0 Å². The largest absolute Gasteiger partial charge is 0.204 e. The molecule has 0 spiro atoms. The van der Waals surface area contributed by atoms with Crippen molar-refractivity contribution in [2.45, 2.75) is 12.8 Å². The summed E-state index contributed by atoms with van der Waals surface area (Å²) in [6.45, 7) is 0. The zero-order chi connectivity index (χ0) is 8.97. The molecule has 0 aromatic heterocycles. The first-order chi connectivity index (χ1) is 5.75. The van der Waals surface area contributed by atoms with E-state index in [1.54, 1.807) is 0 Å². The molecule has 1 rings (SSSR count). The SMILES string of the molecule is C#CCCc1cccc(F)c1F. The number of benzene rings is 1. The van der Waals surface area contributed by atoms with Gasteiger partial charge in [-0.2, -0.15) is 0 Å². The summed E-state index contributed by atoms with van der Waals surface area (Å²) in [5.41, 5.74) is 0.341. The van der Waals surface area contributed by atoms with Gasteiger partial charge in [0, 0.05) is 6.42 Å². The summed E-state index contributed by atoms with van der Waals surface area (Å²) in [5, 5.41) is 0. The highest BCUT2D eigenvalue weighted by molar-refractivity contribution is 5.19. The third-order valence-electron chi connectivity index (χ3n) is 1.57. The quantitative estimate of drug-likeness (QED) is 0.592. The van der Waals surface area contributed by atoms with Crippen LogP contribution in [-0.2, 0) is 6.42 Å². The molecule has 0 aliphatic carbocycles. The number of terminal acetylenes is 1. The maximum absolute atomic E-state index is 12.9. The highest BCUT2D eigenvalue weighted by Gasteiger charge is 2.05. The van der Waals surface area contributed by atoms with Gasteiger partial charge in [-0.3, -0.25) is 0 Å². The van der Waals surface area contributed by atoms with Gasteiger partial charge in [0.05, 0.1) is 0 Å². The molecule has 62 valence electrons. The summed E-state index contributed by atoms with van der Waals surface area (Å²) in [6, 6.07) is 4.11. The Hall–Kier alpha value is -1.36. The maximum atomic E-state index is 12.9. The van der Waals surface area contributed by atoms with Crippen LogP contribution in [0.4, 0.5) is 8.78 Å². The molecule has 0 fully saturated rings. The van der Waals surface area contributed by atoms with Crippen molar-refractivity contribution < 1.29 is 8.78 Å². The van der Waals surface area contributed by atoms with E-state index in [4.69, 9.17) is 6.42 Å². The Morgan fingerprint density at radius 3 is 2.75 bits per heavy atom. The van der Waals surface area contributed by atoms with Gasteiger partial charge in [-0.25, -0.2) is 8.78 Å². The lowest BCUT2D eigenvalue weighted by atomic mass is 10.1. The Labute approximate surface area is 70.2 Å². The van der Waals surface area contributed by atoms with Crippen molar-refractivity contribution in [3.63, 3.8) is 0 Å². The fraction of sp³-hybridized carbons (Fsp3) is 0.200. The van der Waals surface area contributed by atoms with Gasteiger partial charge < -0.3 is 0 Å². The lowest BCUT2D eigenvalue weighted by molar-refractivity contribution is 0.499. The van der Waals surface area contributed by atoms with Crippen molar-refractivity contribution in [2.24, 2.45) is 0 Å². The van der Waals surface area contributed by atoms with Crippen LogP contribution in [0.2, 0.25) is 0 Å². The maximum Gasteiger partial charge on any atom is 0.162 e. The number of hydrogen-bond acceptors (Lipinski definition) is 0. The third kappa shape index (κ3) is 1.82. The molecule has 0 unspecified atom stereocenters. The zero-order valence-corrected chi connectivity index (χ0v) is 6.48. The van der Waals surface area contributed by atoms with Crippen LogP contribution in [-0.4, -0.2) is 0 Å². The molecular formula is C10H8F2. The van der Waals surface area contributed by atoms with Crippen LogP contribution in [0.15, 0.2) is 18.2 Å². The first-order valence-corrected chi connectivity index (χ1v) is 3.62. The van der Waals surface area contributed by atoms with E-state index in [0.717, 1.165) is 6.07 Å². The second-order valence-electron chi connectivity index (χ2n) is 2.42. The topological polar surface area (TPSA) is 0 Å². The van der Waals surface area contributed by atoms with Crippen molar-refractivity contribution in [3.8, 4) is 12.3 Å². The van der Waals surface area contributed by atoms with Crippen molar-refractivity contribution in [1.29, 1.82) is 0 Å². The Bertz CT molecular complexity index is 310. The lowest BCUT2D eigenvalue weighted by Crippen LogP contribution is -1.92. The number of halogens is 2. The van der Waals surface area contributed by atoms with Crippen LogP contribution in [0, 0.1) is 24.0 Å². The first kappa shape index (κ1) is 8.73. The van der Waals surface area contributed by atoms with Crippen molar-refractivity contribution in [3.05, 3.63) is 35.4 Å². The summed E-state index contributed by atoms with van der Waals surface area (Å²) in [4.78, 5) is 0. The van der Waals surface area contributed by atoms with E-state index in [1.165, 1.54) is 12.1 Å². The predicted molar refractivity (Wildman–Crippen MR) is 43.5 cm³/mol. The van der Waals surface area contributed by atoms with E-state index in [9.17, 15) is 8.78 Å². The van der Waals surface area contributed by atoms with E-state index >= 15 is 0 Å². The Morgan fingerprint density at radius 2 is 2.08 bits per heavy atom. The molecule has 0 N–H and O–H groups in total. The van der Waals surface area contributed by atoms with Crippen molar-refractivity contribution in [1.82, 2.24) is 0 Å². The summed E-state index contributed by atoms with van der Waals surface area (Å²) < 4.78 is 25.5. The normalized spacial score (nSPS) is 9.42. The van der Waals surface area contributed by atoms with Crippen LogP contribution < -0.4 is 0 Å². The van der Waals surface area contributed by atoms with Gasteiger partial charge in [0.15, 0.2) is 11.6 Å². The van der Waals surface area contributed by atoms with Crippen LogP contribution >= 0.6 is 0 Å². The van der Waals surface area contributed by atoms with Gasteiger partial charge in [-0.15, -0.1) is 12.3 Å². The van der Waals surface area contributed by atoms with E-state index in [-0.39, 0.29) is 0 Å². The second kappa shape index (κ2) is 3.87. The molecule has 1 aromatic rings. The van der Waals surface area contributed by atoms with Gasteiger partial charge >= 0.3 is 0 Å². The molecule has 0 amide bonds. The Morgan fingerprint density at radius 1 is 1.33 bits per heavy atom. The molecule has 1 aromatic carbocycles. The van der Waals surface area contributed by atoms with Crippen LogP contribution in [0.25, 0.3) is 0 Å². The Balaban J connectivity index is 2.86. The molecule has 2 heteroatoms.